The van der Waals surface area contributed by atoms with Crippen molar-refractivity contribution in [1.29, 1.82) is 0 Å². The van der Waals surface area contributed by atoms with Crippen LogP contribution in [0.4, 0.5) is 6.01 Å². The number of hydrogen-bond acceptors (Lipinski definition) is 7. The molecular weight excluding hydrogens is 384 g/mol. The summed E-state index contributed by atoms with van der Waals surface area (Å²) in [5.74, 6) is 1.47. The number of aromatic nitrogens is 2. The van der Waals surface area contributed by atoms with Crippen molar-refractivity contribution in [3.8, 4) is 0 Å². The number of hydrogen-bond donors (Lipinski definition) is 2. The summed E-state index contributed by atoms with van der Waals surface area (Å²) in [7, 11) is 0. The highest BCUT2D eigenvalue weighted by Gasteiger charge is 2.24. The molecule has 0 unspecified atom stereocenters. The van der Waals surface area contributed by atoms with Crippen LogP contribution < -0.4 is 15.5 Å². The Bertz CT molecular complexity index is 649. The van der Waals surface area contributed by atoms with Gasteiger partial charge in [-0.3, -0.25) is 9.59 Å². The maximum atomic E-state index is 12.1. The van der Waals surface area contributed by atoms with Crippen LogP contribution in [0.15, 0.2) is 4.52 Å². The monoisotopic (exact) mass is 422 g/mol. The van der Waals surface area contributed by atoms with Gasteiger partial charge in [0.1, 0.15) is 0 Å². The summed E-state index contributed by atoms with van der Waals surface area (Å²) in [6, 6.07) is 0.603. The Morgan fingerprint density at radius 3 is 2.43 bits per heavy atom. The van der Waals surface area contributed by atoms with Crippen molar-refractivity contribution in [2.24, 2.45) is 5.92 Å². The molecule has 2 N–H and O–H groups in total. The van der Waals surface area contributed by atoms with Crippen molar-refractivity contribution in [3.05, 3.63) is 5.82 Å². The lowest BCUT2D eigenvalue weighted by Crippen LogP contribution is -2.49. The standard InChI is InChI=1S/C19H32N6O3.C2H6/c1-14(2)18-22-19(28-23-18)25-9-5-15(6-10-25)3-4-16(26)21-13-17(27)24-11-7-20-8-12-24;1-2/h14-15,20H,3-13H2,1-2H3,(H,21,26);1-2H3. The molecule has 2 aliphatic rings. The van der Waals surface area contributed by atoms with E-state index in [2.05, 4.69) is 25.7 Å². The van der Waals surface area contributed by atoms with Crippen LogP contribution in [-0.2, 0) is 9.59 Å². The number of carbonyl (C=O) groups is 2. The Labute approximate surface area is 179 Å². The van der Waals surface area contributed by atoms with Gasteiger partial charge in [0, 0.05) is 51.6 Å². The van der Waals surface area contributed by atoms with Gasteiger partial charge in [0.15, 0.2) is 5.82 Å². The molecule has 30 heavy (non-hydrogen) atoms. The van der Waals surface area contributed by atoms with Gasteiger partial charge < -0.3 is 25.0 Å². The van der Waals surface area contributed by atoms with E-state index in [0.717, 1.165) is 51.3 Å². The quantitative estimate of drug-likeness (QED) is 0.690. The van der Waals surface area contributed by atoms with Gasteiger partial charge in [0.25, 0.3) is 0 Å². The summed E-state index contributed by atoms with van der Waals surface area (Å²) in [6.07, 6.45) is 3.33. The van der Waals surface area contributed by atoms with E-state index in [4.69, 9.17) is 4.52 Å². The number of piperidine rings is 1. The minimum atomic E-state index is -0.0376. The second kappa shape index (κ2) is 12.5. The molecule has 2 fully saturated rings. The van der Waals surface area contributed by atoms with Crippen molar-refractivity contribution in [2.75, 3.05) is 50.7 Å². The number of nitrogens with zero attached hydrogens (tertiary/aromatic N) is 4. The number of rotatable bonds is 7. The third-order valence-corrected chi connectivity index (χ3v) is 5.52. The topological polar surface area (TPSA) is 104 Å². The zero-order valence-corrected chi connectivity index (χ0v) is 18.9. The lowest BCUT2D eigenvalue weighted by Gasteiger charge is -2.30. The van der Waals surface area contributed by atoms with E-state index in [1.807, 2.05) is 27.7 Å². The van der Waals surface area contributed by atoms with Crippen molar-refractivity contribution in [3.63, 3.8) is 0 Å². The lowest BCUT2D eigenvalue weighted by atomic mass is 9.92. The van der Waals surface area contributed by atoms with Crippen LogP contribution in [0.5, 0.6) is 0 Å². The van der Waals surface area contributed by atoms with Crippen LogP contribution in [0, 0.1) is 5.92 Å². The minimum Gasteiger partial charge on any atom is -0.347 e. The van der Waals surface area contributed by atoms with Gasteiger partial charge in [-0.15, -0.1) is 0 Å². The van der Waals surface area contributed by atoms with Gasteiger partial charge in [-0.1, -0.05) is 32.9 Å². The molecule has 2 saturated heterocycles. The fourth-order valence-corrected chi connectivity index (χ4v) is 3.63. The zero-order chi connectivity index (χ0) is 21.9. The van der Waals surface area contributed by atoms with Crippen molar-refractivity contribution < 1.29 is 14.1 Å². The summed E-state index contributed by atoms with van der Waals surface area (Å²) in [6.45, 7) is 13.0. The molecule has 0 atom stereocenters. The average Bonchev–Trinajstić information content (AvgIpc) is 3.29. The van der Waals surface area contributed by atoms with Crippen LogP contribution in [0.1, 0.15) is 65.1 Å². The first-order valence-electron chi connectivity index (χ1n) is 11.4. The van der Waals surface area contributed by atoms with Crippen molar-refractivity contribution >= 4 is 17.8 Å². The third kappa shape index (κ3) is 7.27. The SMILES string of the molecule is CC.CC(C)c1noc(N2CCC(CCC(=O)NCC(=O)N3CCNCC3)CC2)n1. The first-order valence-corrected chi connectivity index (χ1v) is 11.4. The highest BCUT2D eigenvalue weighted by molar-refractivity contribution is 5.84. The number of nitrogens with one attached hydrogen (secondary N) is 2. The molecule has 9 nitrogen and oxygen atoms in total. The number of anilines is 1. The molecule has 0 spiro atoms. The second-order valence-electron chi connectivity index (χ2n) is 7.97. The maximum Gasteiger partial charge on any atom is 0.324 e. The first-order chi connectivity index (χ1) is 14.5. The smallest absolute Gasteiger partial charge is 0.324 e. The molecule has 2 amide bonds. The fourth-order valence-electron chi connectivity index (χ4n) is 3.63. The third-order valence-electron chi connectivity index (χ3n) is 5.52. The Balaban J connectivity index is 0.00000155. The summed E-state index contributed by atoms with van der Waals surface area (Å²) in [5, 5.41) is 10.0. The highest BCUT2D eigenvalue weighted by atomic mass is 16.5. The molecule has 0 radical (unpaired) electrons. The molecule has 0 saturated carbocycles. The number of piperazine rings is 1. The lowest BCUT2D eigenvalue weighted by molar-refractivity contribution is -0.133. The predicted octanol–water partition coefficient (Wildman–Crippen LogP) is 1.76. The van der Waals surface area contributed by atoms with Gasteiger partial charge >= 0.3 is 6.01 Å². The molecule has 0 aromatic carbocycles. The fraction of sp³-hybridized carbons (Fsp3) is 0.810. The molecule has 0 bridgehead atoms. The normalized spacial score (nSPS) is 17.5. The molecule has 3 rings (SSSR count). The van der Waals surface area contributed by atoms with Gasteiger partial charge in [0.05, 0.1) is 6.54 Å². The van der Waals surface area contributed by atoms with Crippen molar-refractivity contribution in [1.82, 2.24) is 25.7 Å². The summed E-state index contributed by atoms with van der Waals surface area (Å²) >= 11 is 0. The van der Waals surface area contributed by atoms with E-state index in [0.29, 0.717) is 31.4 Å². The van der Waals surface area contributed by atoms with Gasteiger partial charge in [-0.2, -0.15) is 4.98 Å². The van der Waals surface area contributed by atoms with Crippen molar-refractivity contribution in [2.45, 2.75) is 59.3 Å². The first kappa shape index (κ1) is 24.1. The summed E-state index contributed by atoms with van der Waals surface area (Å²) in [4.78, 5) is 32.6. The summed E-state index contributed by atoms with van der Waals surface area (Å²) in [5.41, 5.74) is 0. The van der Waals surface area contributed by atoms with E-state index < -0.39 is 0 Å². The van der Waals surface area contributed by atoms with Crippen LogP contribution in [-0.4, -0.2) is 72.7 Å². The van der Waals surface area contributed by atoms with Gasteiger partial charge in [-0.05, 0) is 25.2 Å². The van der Waals surface area contributed by atoms with Crippen LogP contribution >= 0.6 is 0 Å². The van der Waals surface area contributed by atoms with Crippen LogP contribution in [0.2, 0.25) is 0 Å². The second-order valence-corrected chi connectivity index (χ2v) is 7.97. The van der Waals surface area contributed by atoms with Crippen LogP contribution in [0.25, 0.3) is 0 Å². The molecule has 2 aliphatic heterocycles. The molecule has 1 aromatic rings. The molecule has 1 aromatic heterocycles. The molecule has 170 valence electrons. The Morgan fingerprint density at radius 1 is 1.17 bits per heavy atom. The average molecular weight is 423 g/mol. The predicted molar refractivity (Wildman–Crippen MR) is 116 cm³/mol. The van der Waals surface area contributed by atoms with E-state index in [-0.39, 0.29) is 24.3 Å². The molecule has 3 heterocycles. The molecule has 0 aliphatic carbocycles. The zero-order valence-electron chi connectivity index (χ0n) is 18.9. The van der Waals surface area contributed by atoms with E-state index in [9.17, 15) is 9.59 Å². The summed E-state index contributed by atoms with van der Waals surface area (Å²) < 4.78 is 5.36. The Kier molecular flexibility index (Phi) is 10.1. The minimum absolute atomic E-state index is 0.00322. The number of carbonyl (C=O) groups excluding carboxylic acids is 2. The maximum absolute atomic E-state index is 12.1. The van der Waals surface area contributed by atoms with E-state index in [1.165, 1.54) is 0 Å². The van der Waals surface area contributed by atoms with Gasteiger partial charge in [0.2, 0.25) is 11.8 Å². The number of amides is 2. The van der Waals surface area contributed by atoms with Crippen LogP contribution in [0.3, 0.4) is 0 Å². The molecule has 9 heteroatoms. The van der Waals surface area contributed by atoms with E-state index >= 15 is 0 Å². The van der Waals surface area contributed by atoms with E-state index in [1.54, 1.807) is 4.90 Å². The Morgan fingerprint density at radius 2 is 1.83 bits per heavy atom. The van der Waals surface area contributed by atoms with Gasteiger partial charge in [-0.25, -0.2) is 0 Å². The largest absolute Gasteiger partial charge is 0.347 e. The highest BCUT2D eigenvalue weighted by Crippen LogP contribution is 2.25. The Hall–Kier alpha value is -2.16. The molecular formula is C21H38N6O3.